The average Bonchev–Trinajstić information content (AvgIpc) is 2.97. The summed E-state index contributed by atoms with van der Waals surface area (Å²) in [6, 6.07) is 14.2. The Bertz CT molecular complexity index is 1130. The quantitative estimate of drug-likeness (QED) is 0.609. The van der Waals surface area contributed by atoms with E-state index in [4.69, 9.17) is 14.2 Å². The lowest BCUT2D eigenvalue weighted by atomic mass is 9.73. The third kappa shape index (κ3) is 7.24. The first-order valence-electron chi connectivity index (χ1n) is 14.5. The van der Waals surface area contributed by atoms with Gasteiger partial charge in [-0.1, -0.05) is 30.7 Å². The summed E-state index contributed by atoms with van der Waals surface area (Å²) in [5.41, 5.74) is 2.01. The zero-order valence-corrected chi connectivity index (χ0v) is 22.8. The van der Waals surface area contributed by atoms with E-state index in [0.717, 1.165) is 87.3 Å². The lowest BCUT2D eigenvalue weighted by molar-refractivity contribution is -0.135. The molecule has 2 amide bonds. The molecule has 0 unspecified atom stereocenters. The van der Waals surface area contributed by atoms with Crippen LogP contribution in [0.2, 0.25) is 0 Å². The summed E-state index contributed by atoms with van der Waals surface area (Å²) in [5.74, 6) is 2.72. The molecule has 1 saturated heterocycles. The number of hydrogen-bond donors (Lipinski definition) is 2. The Morgan fingerprint density at radius 1 is 0.897 bits per heavy atom. The summed E-state index contributed by atoms with van der Waals surface area (Å²) >= 11 is 0. The van der Waals surface area contributed by atoms with E-state index in [9.17, 15) is 9.59 Å². The van der Waals surface area contributed by atoms with Crippen molar-refractivity contribution in [3.05, 3.63) is 53.6 Å². The molecular weight excluding hydrogens is 494 g/mol. The van der Waals surface area contributed by atoms with Crippen molar-refractivity contribution in [1.82, 2.24) is 15.5 Å². The van der Waals surface area contributed by atoms with Gasteiger partial charge in [0, 0.05) is 13.1 Å². The molecule has 0 aromatic heterocycles. The first-order valence-corrected chi connectivity index (χ1v) is 14.5. The number of aryl methyl sites for hydroxylation is 1. The number of fused-ring (bicyclic) bond motifs is 2. The van der Waals surface area contributed by atoms with Crippen molar-refractivity contribution in [1.29, 1.82) is 0 Å². The Hall–Kier alpha value is -3.26. The molecule has 0 aliphatic carbocycles. The fourth-order valence-corrected chi connectivity index (χ4v) is 5.85. The molecule has 3 aliphatic heterocycles. The minimum Gasteiger partial charge on any atom is -0.493 e. The Labute approximate surface area is 231 Å². The molecule has 3 heterocycles. The van der Waals surface area contributed by atoms with Crippen molar-refractivity contribution in [3.8, 4) is 17.2 Å². The number of piperidine rings is 1. The zero-order chi connectivity index (χ0) is 26.9. The second-order valence-corrected chi connectivity index (χ2v) is 10.9. The van der Waals surface area contributed by atoms with Crippen LogP contribution in [0.15, 0.2) is 42.5 Å². The van der Waals surface area contributed by atoms with Crippen molar-refractivity contribution in [2.75, 3.05) is 52.5 Å². The topological polar surface area (TPSA) is 89.1 Å². The highest BCUT2D eigenvalue weighted by molar-refractivity contribution is 5.83. The summed E-state index contributed by atoms with van der Waals surface area (Å²) < 4.78 is 17.2. The summed E-state index contributed by atoms with van der Waals surface area (Å²) in [6.45, 7) is 4.83. The van der Waals surface area contributed by atoms with Gasteiger partial charge in [0.15, 0.2) is 11.5 Å². The van der Waals surface area contributed by atoms with Gasteiger partial charge in [-0.3, -0.25) is 14.5 Å². The maximum absolute atomic E-state index is 13.3. The van der Waals surface area contributed by atoms with Gasteiger partial charge in [0.05, 0.1) is 18.6 Å². The first-order chi connectivity index (χ1) is 19.1. The Morgan fingerprint density at radius 3 is 2.56 bits per heavy atom. The summed E-state index contributed by atoms with van der Waals surface area (Å²) in [5, 5.41) is 6.24. The highest BCUT2D eigenvalue weighted by atomic mass is 16.6. The maximum Gasteiger partial charge on any atom is 0.234 e. The molecule has 0 atom stereocenters. The van der Waals surface area contributed by atoms with Gasteiger partial charge in [0.1, 0.15) is 19.0 Å². The molecule has 2 N–H and O–H groups in total. The van der Waals surface area contributed by atoms with Crippen molar-refractivity contribution in [2.24, 2.45) is 5.41 Å². The van der Waals surface area contributed by atoms with E-state index in [1.807, 2.05) is 30.3 Å². The Morgan fingerprint density at radius 2 is 1.69 bits per heavy atom. The zero-order valence-electron chi connectivity index (χ0n) is 22.8. The van der Waals surface area contributed by atoms with Crippen LogP contribution in [0.4, 0.5) is 0 Å². The van der Waals surface area contributed by atoms with E-state index in [1.165, 1.54) is 5.56 Å². The number of likely N-dealkylation sites (tertiary alicyclic amines) is 1. The number of rotatable bonds is 5. The largest absolute Gasteiger partial charge is 0.493 e. The highest BCUT2D eigenvalue weighted by Crippen LogP contribution is 2.37. The van der Waals surface area contributed by atoms with Crippen molar-refractivity contribution in [2.45, 2.75) is 51.4 Å². The van der Waals surface area contributed by atoms with Crippen LogP contribution < -0.4 is 24.8 Å². The van der Waals surface area contributed by atoms with Gasteiger partial charge < -0.3 is 24.8 Å². The summed E-state index contributed by atoms with van der Waals surface area (Å²) in [4.78, 5) is 28.2. The fraction of sp³-hybridized carbons (Fsp3) is 0.548. The molecule has 0 radical (unpaired) electrons. The maximum atomic E-state index is 13.3. The van der Waals surface area contributed by atoms with Crippen LogP contribution in [0.25, 0.3) is 0 Å². The van der Waals surface area contributed by atoms with E-state index in [2.05, 4.69) is 27.7 Å². The van der Waals surface area contributed by atoms with Gasteiger partial charge in [-0.05, 0) is 87.4 Å². The normalized spacial score (nSPS) is 19.8. The molecule has 8 heteroatoms. The van der Waals surface area contributed by atoms with E-state index >= 15 is 0 Å². The van der Waals surface area contributed by atoms with Gasteiger partial charge in [-0.25, -0.2) is 0 Å². The number of amides is 2. The predicted octanol–water partition coefficient (Wildman–Crippen LogP) is 3.51. The van der Waals surface area contributed by atoms with Crippen molar-refractivity contribution >= 4 is 11.8 Å². The Balaban J connectivity index is 1.08. The minimum atomic E-state index is -0.348. The fourth-order valence-electron chi connectivity index (χ4n) is 5.85. The van der Waals surface area contributed by atoms with Gasteiger partial charge >= 0.3 is 0 Å². The highest BCUT2D eigenvalue weighted by Gasteiger charge is 2.40. The van der Waals surface area contributed by atoms with Crippen LogP contribution in [0.1, 0.15) is 49.7 Å². The van der Waals surface area contributed by atoms with E-state index in [1.54, 1.807) is 0 Å². The van der Waals surface area contributed by atoms with Gasteiger partial charge in [-0.15, -0.1) is 0 Å². The lowest BCUT2D eigenvalue weighted by Crippen LogP contribution is -2.51. The average molecular weight is 536 g/mol. The number of ether oxygens (including phenoxy) is 3. The molecule has 210 valence electrons. The third-order valence-electron chi connectivity index (χ3n) is 8.19. The van der Waals surface area contributed by atoms with Crippen LogP contribution >= 0.6 is 0 Å². The number of benzene rings is 2. The molecular formula is C31H41N3O5. The standard InChI is InChI=1S/C31H41N3O5/c35-29(32-16-11-24-9-10-27-28(22-24)39-21-20-38-27)23-34-17-13-31(14-18-34)12-4-3-7-25-6-1-2-8-26(25)37-19-5-15-33-30(31)36/h1-2,6,8-10,22H,3-5,7,11-21,23H2,(H,32,35)(H,33,36). The van der Waals surface area contributed by atoms with E-state index < -0.39 is 0 Å². The predicted molar refractivity (Wildman–Crippen MR) is 149 cm³/mol. The summed E-state index contributed by atoms with van der Waals surface area (Å²) in [6.07, 6.45) is 6.99. The molecule has 39 heavy (non-hydrogen) atoms. The smallest absolute Gasteiger partial charge is 0.234 e. The molecule has 0 saturated carbocycles. The van der Waals surface area contributed by atoms with E-state index in [-0.39, 0.29) is 17.2 Å². The van der Waals surface area contributed by atoms with Gasteiger partial charge in [0.2, 0.25) is 11.8 Å². The van der Waals surface area contributed by atoms with Crippen molar-refractivity contribution in [3.63, 3.8) is 0 Å². The van der Waals surface area contributed by atoms with Crippen molar-refractivity contribution < 1.29 is 23.8 Å². The number of hydrogen-bond acceptors (Lipinski definition) is 6. The monoisotopic (exact) mass is 535 g/mol. The lowest BCUT2D eigenvalue weighted by Gasteiger charge is -2.40. The minimum absolute atomic E-state index is 0.0292. The Kier molecular flexibility index (Phi) is 9.24. The number of para-hydroxylation sites is 1. The number of carbonyl (C=O) groups is 2. The van der Waals surface area contributed by atoms with Gasteiger partial charge in [-0.2, -0.15) is 0 Å². The second-order valence-electron chi connectivity index (χ2n) is 10.9. The number of nitrogens with one attached hydrogen (secondary N) is 2. The molecule has 8 nitrogen and oxygen atoms in total. The summed E-state index contributed by atoms with van der Waals surface area (Å²) in [7, 11) is 0. The van der Waals surface area contributed by atoms with Gasteiger partial charge in [0.25, 0.3) is 0 Å². The van der Waals surface area contributed by atoms with E-state index in [0.29, 0.717) is 39.5 Å². The molecule has 3 aliphatic rings. The van der Waals surface area contributed by atoms with Crippen LogP contribution in [0, 0.1) is 5.41 Å². The number of carbonyl (C=O) groups excluding carboxylic acids is 2. The molecule has 2 aromatic carbocycles. The number of nitrogens with zero attached hydrogens (tertiary/aromatic N) is 1. The molecule has 1 fully saturated rings. The second kappa shape index (κ2) is 13.2. The molecule has 5 rings (SSSR count). The van der Waals surface area contributed by atoms with Crippen LogP contribution in [-0.4, -0.2) is 69.3 Å². The molecule has 1 spiro atoms. The first kappa shape index (κ1) is 27.3. The SMILES string of the molecule is O=C(CN1CCC2(CCCCc3ccccc3OCCCNC2=O)CC1)NCCc1ccc2c(c1)OCCO2. The molecule has 0 bridgehead atoms. The van der Waals surface area contributed by atoms with Crippen LogP contribution in [0.3, 0.4) is 0 Å². The molecule has 2 aromatic rings. The van der Waals surface area contributed by atoms with Crippen LogP contribution in [-0.2, 0) is 22.4 Å². The third-order valence-corrected chi connectivity index (χ3v) is 8.19. The van der Waals surface area contributed by atoms with Crippen LogP contribution in [0.5, 0.6) is 17.2 Å².